The third-order valence-electron chi connectivity index (χ3n) is 3.26. The Labute approximate surface area is 151 Å². The molecule has 2 N–H and O–H groups in total. The summed E-state index contributed by atoms with van der Waals surface area (Å²) >= 11 is 1.54. The summed E-state index contributed by atoms with van der Waals surface area (Å²) in [5.74, 6) is 0. The van der Waals surface area contributed by atoms with Crippen LogP contribution in [0.25, 0.3) is 0 Å². The zero-order chi connectivity index (χ0) is 18.8. The van der Waals surface area contributed by atoms with Gasteiger partial charge in [-0.15, -0.1) is 11.3 Å². The van der Waals surface area contributed by atoms with E-state index in [0.29, 0.717) is 0 Å². The molecular weight excluding hydrogens is 362 g/mol. The van der Waals surface area contributed by atoms with Crippen molar-refractivity contribution < 1.29 is 13.3 Å². The van der Waals surface area contributed by atoms with E-state index in [4.69, 9.17) is 0 Å². The molecule has 2 rings (SSSR count). The van der Waals surface area contributed by atoms with Crippen LogP contribution in [0.3, 0.4) is 0 Å². The van der Waals surface area contributed by atoms with Gasteiger partial charge >= 0.3 is 0 Å². The van der Waals surface area contributed by atoms with Crippen molar-refractivity contribution in [3.8, 4) is 0 Å². The lowest BCUT2D eigenvalue weighted by Crippen LogP contribution is -2.40. The normalized spacial score (nSPS) is 13.4. The first kappa shape index (κ1) is 19.4. The number of nitro groups is 1. The maximum Gasteiger partial charge on any atom is 0.293 e. The molecule has 0 saturated carbocycles. The largest absolute Gasteiger partial charge is 0.372 e. The molecule has 0 aliphatic rings. The molecular formula is C16H21N3O4S2. The minimum absolute atomic E-state index is 0.131. The van der Waals surface area contributed by atoms with Crippen LogP contribution in [0.1, 0.15) is 38.6 Å². The van der Waals surface area contributed by atoms with Crippen LogP contribution in [0.15, 0.2) is 40.6 Å². The minimum atomic E-state index is -3.84. The average Bonchev–Trinajstić information content (AvgIpc) is 2.98. The van der Waals surface area contributed by atoms with Gasteiger partial charge in [0.15, 0.2) is 0 Å². The van der Waals surface area contributed by atoms with Crippen LogP contribution in [0.4, 0.5) is 11.4 Å². The van der Waals surface area contributed by atoms with Crippen molar-refractivity contribution in [1.82, 2.24) is 4.72 Å². The number of hydrogen-bond donors (Lipinski definition) is 2. The van der Waals surface area contributed by atoms with Gasteiger partial charge in [-0.3, -0.25) is 10.1 Å². The van der Waals surface area contributed by atoms with Crippen LogP contribution in [0.2, 0.25) is 0 Å². The SMILES string of the molecule is C[C@@H](Nc1ccc(S(=O)(=O)NC(C)(C)C)cc1[N+](=O)[O-])c1cccs1. The van der Waals surface area contributed by atoms with Gasteiger partial charge in [-0.1, -0.05) is 6.07 Å². The van der Waals surface area contributed by atoms with Crippen molar-refractivity contribution in [2.24, 2.45) is 0 Å². The molecule has 25 heavy (non-hydrogen) atoms. The van der Waals surface area contributed by atoms with E-state index in [-0.39, 0.29) is 22.3 Å². The van der Waals surface area contributed by atoms with Crippen molar-refractivity contribution >= 4 is 32.7 Å². The summed E-state index contributed by atoms with van der Waals surface area (Å²) in [5, 5.41) is 16.4. The standard InChI is InChI=1S/C16H21N3O4S2/c1-11(15-6-5-9-24-15)17-13-8-7-12(10-14(13)19(20)21)25(22,23)18-16(2,3)4/h5-11,17-18H,1-4H3/t11-/m1/s1. The lowest BCUT2D eigenvalue weighted by Gasteiger charge is -2.20. The smallest absolute Gasteiger partial charge is 0.293 e. The molecule has 1 atom stereocenters. The molecule has 1 heterocycles. The lowest BCUT2D eigenvalue weighted by molar-refractivity contribution is -0.384. The first-order valence-electron chi connectivity index (χ1n) is 7.62. The van der Waals surface area contributed by atoms with Gasteiger partial charge in [-0.25, -0.2) is 13.1 Å². The van der Waals surface area contributed by atoms with Gasteiger partial charge in [0, 0.05) is 16.5 Å². The molecule has 0 saturated heterocycles. The van der Waals surface area contributed by atoms with Crippen molar-refractivity contribution in [2.75, 3.05) is 5.32 Å². The number of nitrogens with zero attached hydrogens (tertiary/aromatic N) is 1. The summed E-state index contributed by atoms with van der Waals surface area (Å²) in [6.07, 6.45) is 0. The highest BCUT2D eigenvalue weighted by Gasteiger charge is 2.26. The number of sulfonamides is 1. The molecule has 0 spiro atoms. The third-order valence-corrected chi connectivity index (χ3v) is 6.07. The predicted octanol–water partition coefficient (Wildman–Crippen LogP) is 3.91. The van der Waals surface area contributed by atoms with Crippen LogP contribution in [0, 0.1) is 10.1 Å². The topological polar surface area (TPSA) is 101 Å². The highest BCUT2D eigenvalue weighted by molar-refractivity contribution is 7.89. The summed E-state index contributed by atoms with van der Waals surface area (Å²) in [7, 11) is -3.84. The van der Waals surface area contributed by atoms with Crippen molar-refractivity contribution in [2.45, 2.75) is 44.2 Å². The van der Waals surface area contributed by atoms with Gasteiger partial charge in [0.1, 0.15) is 5.69 Å². The zero-order valence-corrected chi connectivity index (χ0v) is 16.1. The second-order valence-electron chi connectivity index (χ2n) is 6.67. The Morgan fingerprint density at radius 2 is 1.92 bits per heavy atom. The van der Waals surface area contributed by atoms with Gasteiger partial charge in [-0.05, 0) is 51.3 Å². The Hall–Kier alpha value is -1.97. The second kappa shape index (κ2) is 7.11. The van der Waals surface area contributed by atoms with Crippen LogP contribution in [-0.2, 0) is 10.0 Å². The third kappa shape index (κ3) is 5.00. The van der Waals surface area contributed by atoms with Crippen LogP contribution in [-0.4, -0.2) is 18.9 Å². The minimum Gasteiger partial charge on any atom is -0.372 e. The number of hydrogen-bond acceptors (Lipinski definition) is 6. The summed E-state index contributed by atoms with van der Waals surface area (Å²) in [6, 6.07) is 7.58. The molecule has 7 nitrogen and oxygen atoms in total. The number of anilines is 1. The molecule has 1 aromatic heterocycles. The van der Waals surface area contributed by atoms with E-state index in [9.17, 15) is 18.5 Å². The van der Waals surface area contributed by atoms with Crippen LogP contribution < -0.4 is 10.0 Å². The van der Waals surface area contributed by atoms with E-state index < -0.39 is 20.5 Å². The molecule has 0 aliphatic heterocycles. The molecule has 1 aromatic carbocycles. The Morgan fingerprint density at radius 3 is 2.44 bits per heavy atom. The average molecular weight is 383 g/mol. The fraction of sp³-hybridized carbons (Fsp3) is 0.375. The van der Waals surface area contributed by atoms with Gasteiger partial charge in [0.2, 0.25) is 10.0 Å². The Morgan fingerprint density at radius 1 is 1.24 bits per heavy atom. The fourth-order valence-corrected chi connectivity index (χ4v) is 4.43. The molecule has 2 aromatic rings. The fourth-order valence-electron chi connectivity index (χ4n) is 2.26. The van der Waals surface area contributed by atoms with Crippen molar-refractivity contribution in [1.29, 1.82) is 0 Å². The van der Waals surface area contributed by atoms with Crippen molar-refractivity contribution in [3.05, 3.63) is 50.7 Å². The highest BCUT2D eigenvalue weighted by Crippen LogP contribution is 2.31. The molecule has 0 amide bonds. The zero-order valence-electron chi connectivity index (χ0n) is 14.4. The summed E-state index contributed by atoms with van der Waals surface area (Å²) < 4.78 is 27.3. The summed E-state index contributed by atoms with van der Waals surface area (Å²) in [6.45, 7) is 7.01. The molecule has 0 aliphatic carbocycles. The maximum absolute atomic E-state index is 12.4. The van der Waals surface area contributed by atoms with Crippen LogP contribution >= 0.6 is 11.3 Å². The van der Waals surface area contributed by atoms with Gasteiger partial charge < -0.3 is 5.32 Å². The van der Waals surface area contributed by atoms with Crippen LogP contribution in [0.5, 0.6) is 0 Å². The molecule has 136 valence electrons. The van der Waals surface area contributed by atoms with E-state index in [2.05, 4.69) is 10.0 Å². The molecule has 0 radical (unpaired) electrons. The number of thiophene rings is 1. The molecule has 0 bridgehead atoms. The van der Waals surface area contributed by atoms with Gasteiger partial charge in [0.05, 0.1) is 15.9 Å². The predicted molar refractivity (Wildman–Crippen MR) is 99.5 cm³/mol. The van der Waals surface area contributed by atoms with Crippen molar-refractivity contribution in [3.63, 3.8) is 0 Å². The first-order chi connectivity index (χ1) is 11.5. The number of rotatable bonds is 6. The second-order valence-corrected chi connectivity index (χ2v) is 9.33. The monoisotopic (exact) mass is 383 g/mol. The highest BCUT2D eigenvalue weighted by atomic mass is 32.2. The van der Waals surface area contributed by atoms with E-state index in [1.165, 1.54) is 12.1 Å². The van der Waals surface area contributed by atoms with E-state index in [1.807, 2.05) is 24.4 Å². The number of nitro benzene ring substituents is 1. The Kier molecular flexibility index (Phi) is 5.50. The van der Waals surface area contributed by atoms with Gasteiger partial charge in [0.25, 0.3) is 5.69 Å². The summed E-state index contributed by atoms with van der Waals surface area (Å²) in [4.78, 5) is 11.7. The first-order valence-corrected chi connectivity index (χ1v) is 9.98. The Bertz CT molecular complexity index is 856. The molecule has 9 heteroatoms. The molecule has 0 fully saturated rings. The summed E-state index contributed by atoms with van der Waals surface area (Å²) in [5.41, 5.74) is -0.682. The van der Waals surface area contributed by atoms with E-state index >= 15 is 0 Å². The maximum atomic E-state index is 12.4. The lowest BCUT2D eigenvalue weighted by atomic mass is 10.1. The number of nitrogens with one attached hydrogen (secondary N) is 2. The molecule has 0 unspecified atom stereocenters. The van der Waals surface area contributed by atoms with E-state index in [0.717, 1.165) is 10.9 Å². The van der Waals surface area contributed by atoms with E-state index in [1.54, 1.807) is 32.1 Å². The van der Waals surface area contributed by atoms with Gasteiger partial charge in [-0.2, -0.15) is 0 Å². The number of benzene rings is 1. The Balaban J connectivity index is 2.36. The quantitative estimate of drug-likeness (QED) is 0.582.